The number of carboxylic acids is 1. The molecule has 2 aromatic carbocycles. The number of aliphatic carboxylic acids is 1. The molecule has 174 valence electrons. The zero-order chi connectivity index (χ0) is 24.8. The molecule has 33 heavy (non-hydrogen) atoms. The van der Waals surface area contributed by atoms with Crippen LogP contribution in [0.3, 0.4) is 0 Å². The molecule has 0 fully saturated rings. The van der Waals surface area contributed by atoms with E-state index in [1.54, 1.807) is 0 Å². The second-order valence-corrected chi connectivity index (χ2v) is 8.64. The summed E-state index contributed by atoms with van der Waals surface area (Å²) in [6, 6.07) is 6.65. The molecule has 7 nitrogen and oxygen atoms in total. The van der Waals surface area contributed by atoms with E-state index >= 15 is 4.39 Å². The molecule has 1 atom stereocenters. The number of carbonyl (C=O) groups is 3. The third kappa shape index (κ3) is 4.16. The quantitative estimate of drug-likeness (QED) is 0.505. The fourth-order valence-electron chi connectivity index (χ4n) is 3.62. The van der Waals surface area contributed by atoms with Gasteiger partial charge in [-0.25, -0.2) is 13.6 Å². The van der Waals surface area contributed by atoms with Crippen molar-refractivity contribution in [2.24, 2.45) is 0 Å². The number of carboxylic acid groups (broad SMARTS) is 1. The lowest BCUT2D eigenvalue weighted by atomic mass is 9.95. The largest absolute Gasteiger partial charge is 0.503 e. The maximum Gasteiger partial charge on any atom is 0.328 e. The Morgan fingerprint density at radius 2 is 1.73 bits per heavy atom. The van der Waals surface area contributed by atoms with Crippen LogP contribution in [-0.4, -0.2) is 38.1 Å². The number of phenolic OH excluding ortho intramolecular Hbond substituents is 1. The summed E-state index contributed by atoms with van der Waals surface area (Å²) >= 11 is 5.87. The highest BCUT2D eigenvalue weighted by molar-refractivity contribution is 6.30. The molecule has 0 saturated heterocycles. The Morgan fingerprint density at radius 1 is 1.15 bits per heavy atom. The lowest BCUT2D eigenvalue weighted by Crippen LogP contribution is -2.50. The molecular weight excluding hydrogens is 458 g/mol. The predicted octanol–water partition coefficient (Wildman–Crippen LogP) is 4.36. The maximum atomic E-state index is 15.1. The first-order valence-corrected chi connectivity index (χ1v) is 10.2. The first-order valence-electron chi connectivity index (χ1n) is 9.85. The van der Waals surface area contributed by atoms with Gasteiger partial charge in [0.1, 0.15) is 5.54 Å². The van der Waals surface area contributed by atoms with Gasteiger partial charge in [-0.1, -0.05) is 11.6 Å². The standard InChI is InChI=1S/C23H21ClF2N2O5/c1-10(20(30)27-23(3,4)22(32)33)16-11(2)28(21(31)12-5-7-13(24)8-6-12)15-9-14(25)19(29)18(26)17(15)16/h5-10,29H,1-4H3,(H,27,30)(H,32,33)/t10-/m1/s1. The molecule has 1 aromatic heterocycles. The van der Waals surface area contributed by atoms with Crippen LogP contribution >= 0.6 is 11.6 Å². The van der Waals surface area contributed by atoms with Gasteiger partial charge in [-0.3, -0.25) is 14.2 Å². The predicted molar refractivity (Wildman–Crippen MR) is 118 cm³/mol. The fourth-order valence-corrected chi connectivity index (χ4v) is 3.75. The molecule has 0 aliphatic rings. The molecule has 1 heterocycles. The number of aromatic hydroxyl groups is 1. The summed E-state index contributed by atoms with van der Waals surface area (Å²) in [6.07, 6.45) is 0. The van der Waals surface area contributed by atoms with Crippen LogP contribution in [0.4, 0.5) is 8.78 Å². The monoisotopic (exact) mass is 478 g/mol. The number of fused-ring (bicyclic) bond motifs is 1. The second-order valence-electron chi connectivity index (χ2n) is 8.20. The van der Waals surface area contributed by atoms with E-state index in [0.717, 1.165) is 10.6 Å². The number of phenols is 1. The number of nitrogens with one attached hydrogen (secondary N) is 1. The third-order valence-corrected chi connectivity index (χ3v) is 5.75. The first kappa shape index (κ1) is 24.2. The molecule has 0 saturated carbocycles. The number of hydrogen-bond acceptors (Lipinski definition) is 4. The molecule has 0 spiro atoms. The topological polar surface area (TPSA) is 109 Å². The molecule has 3 N–H and O–H groups in total. The van der Waals surface area contributed by atoms with E-state index in [1.807, 2.05) is 0 Å². The number of benzene rings is 2. The van der Waals surface area contributed by atoms with E-state index in [9.17, 15) is 29.0 Å². The van der Waals surface area contributed by atoms with Gasteiger partial charge in [-0.2, -0.15) is 0 Å². The molecule has 3 aromatic rings. The van der Waals surface area contributed by atoms with Crippen LogP contribution in [0, 0.1) is 18.6 Å². The van der Waals surface area contributed by atoms with E-state index < -0.39 is 46.6 Å². The number of aromatic nitrogens is 1. The van der Waals surface area contributed by atoms with Gasteiger partial charge in [-0.15, -0.1) is 0 Å². The zero-order valence-corrected chi connectivity index (χ0v) is 18.9. The molecule has 10 heteroatoms. The molecular formula is C23H21ClF2N2O5. The SMILES string of the molecule is Cc1c([C@@H](C)C(=O)NC(C)(C)C(=O)O)c2c(F)c(O)c(F)cc2n1C(=O)c1ccc(Cl)cc1. The smallest absolute Gasteiger partial charge is 0.328 e. The van der Waals surface area contributed by atoms with Crippen molar-refractivity contribution in [3.63, 3.8) is 0 Å². The molecule has 1 amide bonds. The second kappa shape index (κ2) is 8.47. The lowest BCUT2D eigenvalue weighted by Gasteiger charge is -2.23. The number of halogens is 3. The normalized spacial score (nSPS) is 12.6. The van der Waals surface area contributed by atoms with Gasteiger partial charge in [0.15, 0.2) is 17.4 Å². The first-order chi connectivity index (χ1) is 15.3. The summed E-state index contributed by atoms with van der Waals surface area (Å²) in [5.41, 5.74) is -1.50. The molecule has 0 bridgehead atoms. The number of nitrogens with zero attached hydrogens (tertiary/aromatic N) is 1. The molecule has 0 unspecified atom stereocenters. The highest BCUT2D eigenvalue weighted by Crippen LogP contribution is 2.38. The molecule has 0 radical (unpaired) electrons. The maximum absolute atomic E-state index is 15.1. The molecule has 3 rings (SSSR count). The Labute approximate surface area is 192 Å². The van der Waals surface area contributed by atoms with Crippen LogP contribution < -0.4 is 5.32 Å². The zero-order valence-electron chi connectivity index (χ0n) is 18.2. The van der Waals surface area contributed by atoms with Crippen molar-refractivity contribution >= 4 is 40.3 Å². The van der Waals surface area contributed by atoms with E-state index in [4.69, 9.17) is 11.6 Å². The van der Waals surface area contributed by atoms with Gasteiger partial charge in [0, 0.05) is 27.7 Å². The minimum atomic E-state index is -1.62. The van der Waals surface area contributed by atoms with Crippen LogP contribution in [0.15, 0.2) is 30.3 Å². The molecule has 0 aliphatic carbocycles. The van der Waals surface area contributed by atoms with Crippen LogP contribution in [0.2, 0.25) is 5.02 Å². The minimum absolute atomic E-state index is 0.0128. The summed E-state index contributed by atoms with van der Waals surface area (Å²) in [4.78, 5) is 37.5. The van der Waals surface area contributed by atoms with Gasteiger partial charge >= 0.3 is 5.97 Å². The molecule has 0 aliphatic heterocycles. The average molecular weight is 479 g/mol. The van der Waals surface area contributed by atoms with Crippen LogP contribution in [-0.2, 0) is 9.59 Å². The van der Waals surface area contributed by atoms with Crippen molar-refractivity contribution in [3.05, 3.63) is 63.8 Å². The highest BCUT2D eigenvalue weighted by Gasteiger charge is 2.35. The number of carbonyl (C=O) groups excluding carboxylic acids is 2. The van der Waals surface area contributed by atoms with Crippen molar-refractivity contribution < 1.29 is 33.4 Å². The average Bonchev–Trinajstić information content (AvgIpc) is 3.02. The Bertz CT molecular complexity index is 1300. The van der Waals surface area contributed by atoms with Crippen LogP contribution in [0.5, 0.6) is 5.75 Å². The Hall–Kier alpha value is -3.46. The number of hydrogen-bond donors (Lipinski definition) is 3. The van der Waals surface area contributed by atoms with Gasteiger partial charge in [-0.05, 0) is 57.5 Å². The highest BCUT2D eigenvalue weighted by atomic mass is 35.5. The summed E-state index contributed by atoms with van der Waals surface area (Å²) in [6.45, 7) is 5.40. The summed E-state index contributed by atoms with van der Waals surface area (Å²) in [5.74, 6) is -7.69. The minimum Gasteiger partial charge on any atom is -0.503 e. The van der Waals surface area contributed by atoms with Crippen molar-refractivity contribution in [2.75, 3.05) is 0 Å². The Balaban J connectivity index is 2.26. The van der Waals surface area contributed by atoms with E-state index in [0.29, 0.717) is 5.02 Å². The summed E-state index contributed by atoms with van der Waals surface area (Å²) in [7, 11) is 0. The Kier molecular flexibility index (Phi) is 6.21. The third-order valence-electron chi connectivity index (χ3n) is 5.50. The van der Waals surface area contributed by atoms with Gasteiger partial charge < -0.3 is 15.5 Å². The van der Waals surface area contributed by atoms with E-state index in [2.05, 4.69) is 5.32 Å². The Morgan fingerprint density at radius 3 is 2.27 bits per heavy atom. The number of rotatable bonds is 5. The summed E-state index contributed by atoms with van der Waals surface area (Å²) < 4.78 is 30.4. The van der Waals surface area contributed by atoms with Crippen molar-refractivity contribution in [2.45, 2.75) is 39.2 Å². The van der Waals surface area contributed by atoms with Gasteiger partial charge in [0.2, 0.25) is 5.91 Å². The van der Waals surface area contributed by atoms with Gasteiger partial charge in [0.25, 0.3) is 5.91 Å². The lowest BCUT2D eigenvalue weighted by molar-refractivity contribution is -0.146. The van der Waals surface area contributed by atoms with E-state index in [-0.39, 0.29) is 27.7 Å². The fraction of sp³-hybridized carbons (Fsp3) is 0.261. The van der Waals surface area contributed by atoms with Crippen LogP contribution in [0.25, 0.3) is 10.9 Å². The van der Waals surface area contributed by atoms with Crippen molar-refractivity contribution in [1.82, 2.24) is 9.88 Å². The van der Waals surface area contributed by atoms with Crippen molar-refractivity contribution in [1.29, 1.82) is 0 Å². The summed E-state index contributed by atoms with van der Waals surface area (Å²) in [5, 5.41) is 21.6. The number of amides is 1. The van der Waals surface area contributed by atoms with Crippen molar-refractivity contribution in [3.8, 4) is 5.75 Å². The van der Waals surface area contributed by atoms with Crippen LogP contribution in [0.1, 0.15) is 48.3 Å². The van der Waals surface area contributed by atoms with E-state index in [1.165, 1.54) is 52.0 Å². The van der Waals surface area contributed by atoms with Gasteiger partial charge in [0.05, 0.1) is 11.4 Å².